The third kappa shape index (κ3) is 2.82. The first-order chi connectivity index (χ1) is 5.27. The molecule has 1 rings (SSSR count). The molecule has 11 heavy (non-hydrogen) atoms. The number of hydrogen-bond acceptors (Lipinski definition) is 1. The summed E-state index contributed by atoms with van der Waals surface area (Å²) in [4.78, 5) is 0. The minimum atomic E-state index is 0.690. The molecule has 1 heteroatoms. The van der Waals surface area contributed by atoms with Gasteiger partial charge >= 0.3 is 0 Å². The molecule has 0 aromatic heterocycles. The lowest BCUT2D eigenvalue weighted by Crippen LogP contribution is -2.11. The van der Waals surface area contributed by atoms with Crippen molar-refractivity contribution in [2.45, 2.75) is 51.9 Å². The van der Waals surface area contributed by atoms with Crippen LogP contribution in [0.3, 0.4) is 0 Å². The second-order valence-corrected chi connectivity index (χ2v) is 4.26. The number of unbranched alkanes of at least 4 members (excludes halogenated alkanes) is 1. The van der Waals surface area contributed by atoms with Crippen molar-refractivity contribution in [3.63, 3.8) is 0 Å². The van der Waals surface area contributed by atoms with E-state index >= 15 is 0 Å². The van der Waals surface area contributed by atoms with Gasteiger partial charge in [0.05, 0.1) is 0 Å². The summed E-state index contributed by atoms with van der Waals surface area (Å²) in [6.45, 7) is 3.31. The molecule has 2 N–H and O–H groups in total. The predicted molar refractivity (Wildman–Crippen MR) is 49.5 cm³/mol. The van der Waals surface area contributed by atoms with Crippen LogP contribution in [0.1, 0.15) is 51.9 Å². The molecule has 0 aromatic carbocycles. The van der Waals surface area contributed by atoms with Crippen LogP contribution in [0.4, 0.5) is 0 Å². The lowest BCUT2D eigenvalue weighted by Gasteiger charge is -2.22. The summed E-state index contributed by atoms with van der Waals surface area (Å²) in [5.74, 6) is 0. The average molecular weight is 155 g/mol. The maximum absolute atomic E-state index is 5.46. The van der Waals surface area contributed by atoms with E-state index in [0.717, 1.165) is 6.54 Å². The zero-order valence-corrected chi connectivity index (χ0v) is 7.73. The summed E-state index contributed by atoms with van der Waals surface area (Å²) in [7, 11) is 0. The molecule has 0 atom stereocenters. The van der Waals surface area contributed by atoms with E-state index in [-0.39, 0.29) is 0 Å². The number of hydrogen-bond donors (Lipinski definition) is 1. The van der Waals surface area contributed by atoms with Gasteiger partial charge in [0.2, 0.25) is 0 Å². The lowest BCUT2D eigenvalue weighted by molar-refractivity contribution is 0.297. The average Bonchev–Trinajstić information content (AvgIpc) is 2.38. The Labute approximate surface area is 70.4 Å². The quantitative estimate of drug-likeness (QED) is 0.621. The van der Waals surface area contributed by atoms with E-state index in [1.165, 1.54) is 44.9 Å². The Morgan fingerprint density at radius 2 is 1.82 bits per heavy atom. The van der Waals surface area contributed by atoms with Gasteiger partial charge in [0.1, 0.15) is 0 Å². The summed E-state index contributed by atoms with van der Waals surface area (Å²) in [6.07, 6.45) is 9.79. The van der Waals surface area contributed by atoms with Crippen molar-refractivity contribution in [3.05, 3.63) is 0 Å². The highest BCUT2D eigenvalue weighted by Crippen LogP contribution is 2.41. The number of rotatable bonds is 4. The van der Waals surface area contributed by atoms with Gasteiger partial charge in [0.25, 0.3) is 0 Å². The van der Waals surface area contributed by atoms with Crippen molar-refractivity contribution in [1.29, 1.82) is 0 Å². The molecule has 0 unspecified atom stereocenters. The van der Waals surface area contributed by atoms with Gasteiger partial charge < -0.3 is 5.73 Å². The summed E-state index contributed by atoms with van der Waals surface area (Å²) in [5.41, 5.74) is 6.15. The van der Waals surface area contributed by atoms with Gasteiger partial charge in [-0.3, -0.25) is 0 Å². The van der Waals surface area contributed by atoms with Gasteiger partial charge in [-0.15, -0.1) is 0 Å². The molecule has 1 nitrogen and oxygen atoms in total. The van der Waals surface area contributed by atoms with Crippen LogP contribution in [0.15, 0.2) is 0 Å². The van der Waals surface area contributed by atoms with Gasteiger partial charge in [-0.1, -0.05) is 26.2 Å². The van der Waals surface area contributed by atoms with Gasteiger partial charge in [-0.25, -0.2) is 0 Å². The van der Waals surface area contributed by atoms with Gasteiger partial charge in [0.15, 0.2) is 0 Å². The smallest absolute Gasteiger partial charge is 0.00773 e. The maximum Gasteiger partial charge on any atom is -0.00773 e. The Bertz CT molecular complexity index is 103. The van der Waals surface area contributed by atoms with E-state index in [9.17, 15) is 0 Å². The summed E-state index contributed by atoms with van der Waals surface area (Å²) in [5, 5.41) is 0. The molecule has 0 aromatic rings. The SMILES string of the molecule is CC1(CCCCN)CCCC1. The van der Waals surface area contributed by atoms with Crippen LogP contribution in [-0.4, -0.2) is 6.54 Å². The highest BCUT2D eigenvalue weighted by Gasteiger charge is 2.27. The minimum absolute atomic E-state index is 0.690. The third-order valence-electron chi connectivity index (χ3n) is 3.05. The predicted octanol–water partition coefficient (Wildman–Crippen LogP) is 2.70. The largest absolute Gasteiger partial charge is 0.330 e. The van der Waals surface area contributed by atoms with E-state index in [1.807, 2.05) is 0 Å². The van der Waals surface area contributed by atoms with Gasteiger partial charge in [-0.2, -0.15) is 0 Å². The van der Waals surface area contributed by atoms with Gasteiger partial charge in [0, 0.05) is 0 Å². The molecule has 1 aliphatic carbocycles. The minimum Gasteiger partial charge on any atom is -0.330 e. The molecule has 1 aliphatic rings. The van der Waals surface area contributed by atoms with E-state index < -0.39 is 0 Å². The summed E-state index contributed by atoms with van der Waals surface area (Å²) >= 11 is 0. The monoisotopic (exact) mass is 155 g/mol. The summed E-state index contributed by atoms with van der Waals surface area (Å²) in [6, 6.07) is 0. The summed E-state index contributed by atoms with van der Waals surface area (Å²) < 4.78 is 0. The fourth-order valence-corrected chi connectivity index (χ4v) is 2.17. The molecule has 0 bridgehead atoms. The second kappa shape index (κ2) is 4.10. The fourth-order valence-electron chi connectivity index (χ4n) is 2.17. The van der Waals surface area contributed by atoms with Crippen molar-refractivity contribution < 1.29 is 0 Å². The van der Waals surface area contributed by atoms with Crippen molar-refractivity contribution in [2.24, 2.45) is 11.1 Å². The number of nitrogens with two attached hydrogens (primary N) is 1. The molecule has 1 fully saturated rings. The van der Waals surface area contributed by atoms with Gasteiger partial charge in [-0.05, 0) is 37.6 Å². The molecule has 1 saturated carbocycles. The first kappa shape index (κ1) is 9.05. The lowest BCUT2D eigenvalue weighted by atomic mass is 9.83. The van der Waals surface area contributed by atoms with Crippen LogP contribution in [0, 0.1) is 5.41 Å². The molecule has 66 valence electrons. The van der Waals surface area contributed by atoms with Crippen LogP contribution in [0.2, 0.25) is 0 Å². The van der Waals surface area contributed by atoms with E-state index in [2.05, 4.69) is 6.92 Å². The Balaban J connectivity index is 2.13. The zero-order valence-electron chi connectivity index (χ0n) is 7.73. The van der Waals surface area contributed by atoms with Crippen LogP contribution >= 0.6 is 0 Å². The van der Waals surface area contributed by atoms with E-state index in [1.54, 1.807) is 0 Å². The molecule has 0 heterocycles. The standard InChI is InChI=1S/C10H21N/c1-10(6-2-3-7-10)8-4-5-9-11/h2-9,11H2,1H3. The van der Waals surface area contributed by atoms with Crippen molar-refractivity contribution in [2.75, 3.05) is 6.54 Å². The molecular weight excluding hydrogens is 134 g/mol. The Kier molecular flexibility index (Phi) is 3.38. The van der Waals surface area contributed by atoms with E-state index in [0.29, 0.717) is 5.41 Å². The Hall–Kier alpha value is -0.0400. The molecule has 0 aliphatic heterocycles. The molecule has 0 amide bonds. The third-order valence-corrected chi connectivity index (χ3v) is 3.05. The van der Waals surface area contributed by atoms with Crippen molar-refractivity contribution >= 4 is 0 Å². The topological polar surface area (TPSA) is 26.0 Å². The Morgan fingerprint density at radius 1 is 1.18 bits per heavy atom. The Morgan fingerprint density at radius 3 is 2.36 bits per heavy atom. The van der Waals surface area contributed by atoms with Crippen molar-refractivity contribution in [1.82, 2.24) is 0 Å². The fraction of sp³-hybridized carbons (Fsp3) is 1.00. The van der Waals surface area contributed by atoms with Crippen LogP contribution in [-0.2, 0) is 0 Å². The van der Waals surface area contributed by atoms with E-state index in [4.69, 9.17) is 5.73 Å². The molecule has 0 saturated heterocycles. The highest BCUT2D eigenvalue weighted by atomic mass is 14.5. The van der Waals surface area contributed by atoms with Crippen molar-refractivity contribution in [3.8, 4) is 0 Å². The highest BCUT2D eigenvalue weighted by molar-refractivity contribution is 4.79. The molecular formula is C10H21N. The normalized spacial score (nSPS) is 22.4. The van der Waals surface area contributed by atoms with Crippen LogP contribution in [0.25, 0.3) is 0 Å². The maximum atomic E-state index is 5.46. The molecule has 0 radical (unpaired) electrons. The second-order valence-electron chi connectivity index (χ2n) is 4.26. The first-order valence-electron chi connectivity index (χ1n) is 4.97. The van der Waals surface area contributed by atoms with Crippen LogP contribution < -0.4 is 5.73 Å². The zero-order chi connectivity index (χ0) is 8.16. The first-order valence-corrected chi connectivity index (χ1v) is 4.97. The van der Waals surface area contributed by atoms with Crippen LogP contribution in [0.5, 0.6) is 0 Å². The molecule has 0 spiro atoms.